The Bertz CT molecular complexity index is 881. The van der Waals surface area contributed by atoms with E-state index in [0.717, 1.165) is 0 Å². The minimum absolute atomic E-state index is 0.363. The summed E-state index contributed by atoms with van der Waals surface area (Å²) in [7, 11) is -0.727. The van der Waals surface area contributed by atoms with Crippen LogP contribution in [0.15, 0.2) is 121 Å². The van der Waals surface area contributed by atoms with Crippen LogP contribution in [0.2, 0.25) is 0 Å². The van der Waals surface area contributed by atoms with Gasteiger partial charge in [0, 0.05) is 0 Å². The fraction of sp³-hybridized carbons (Fsp3) is 0.200. The molecule has 0 saturated carbocycles. The summed E-state index contributed by atoms with van der Waals surface area (Å²) in [6.07, 6.45) is 2.49. The summed E-state index contributed by atoms with van der Waals surface area (Å²) in [5, 5.41) is 5.95. The lowest BCUT2D eigenvalue weighted by Gasteiger charge is -2.30. The Morgan fingerprint density at radius 3 is 0.844 bits per heavy atom. The number of hydrogen-bond acceptors (Lipinski definition) is 0. The predicted octanol–water partition coefficient (Wildman–Crippen LogP) is 6.81. The van der Waals surface area contributed by atoms with E-state index in [1.807, 2.05) is 0 Å². The maximum Gasteiger partial charge on any atom is -0.0157 e. The molecule has 4 aromatic rings. The molecule has 0 bridgehead atoms. The minimum Gasteiger partial charge on any atom is -0.0622 e. The van der Waals surface area contributed by atoms with Gasteiger partial charge in [0.2, 0.25) is 0 Å². The van der Waals surface area contributed by atoms with E-state index in [-0.39, 0.29) is 15.8 Å². The molecule has 0 aliphatic rings. The molecule has 32 heavy (non-hydrogen) atoms. The normalized spacial score (nSPS) is 13.2. The van der Waals surface area contributed by atoms with E-state index in [1.165, 1.54) is 34.1 Å². The smallest absolute Gasteiger partial charge is 0.0157 e. The molecule has 0 nitrogen and oxygen atoms in total. The first kappa shape index (κ1) is 22.9. The van der Waals surface area contributed by atoms with Crippen LogP contribution in [0.1, 0.15) is 26.7 Å². The summed E-state index contributed by atoms with van der Waals surface area (Å²) in [6, 6.07) is 44.6. The van der Waals surface area contributed by atoms with E-state index in [9.17, 15) is 0 Å². The van der Waals surface area contributed by atoms with E-state index < -0.39 is 0 Å². The molecule has 0 heterocycles. The van der Waals surface area contributed by atoms with Crippen molar-refractivity contribution in [3.8, 4) is 0 Å². The molecule has 0 aliphatic carbocycles. The standard InChI is InChI=1S/C30H32P2/c1-25(31(27-15-7-3-8-16-27)28-17-9-4-10-18-28)23-24-26(2)32(29-19-11-5-12-20-29)30-21-13-6-14-22-30/h3-22,25-26H,23-24H2,1-2H3/t25-,26-/m0/s1. The number of rotatable bonds is 9. The molecule has 0 unspecified atom stereocenters. The first-order valence-corrected chi connectivity index (χ1v) is 14.3. The van der Waals surface area contributed by atoms with Crippen molar-refractivity contribution in [2.75, 3.05) is 0 Å². The average Bonchev–Trinajstić information content (AvgIpc) is 2.86. The van der Waals surface area contributed by atoms with E-state index in [0.29, 0.717) is 11.3 Å². The van der Waals surface area contributed by atoms with Gasteiger partial charge in [-0.15, -0.1) is 0 Å². The molecule has 0 aliphatic heterocycles. The lowest BCUT2D eigenvalue weighted by Crippen LogP contribution is -2.23. The van der Waals surface area contributed by atoms with Gasteiger partial charge in [-0.1, -0.05) is 135 Å². The Balaban J connectivity index is 1.55. The molecule has 0 fully saturated rings. The van der Waals surface area contributed by atoms with Crippen LogP contribution in [0.3, 0.4) is 0 Å². The summed E-state index contributed by atoms with van der Waals surface area (Å²) >= 11 is 0. The third-order valence-corrected chi connectivity index (χ3v) is 11.7. The Morgan fingerprint density at radius 2 is 0.625 bits per heavy atom. The van der Waals surface area contributed by atoms with Crippen LogP contribution in [-0.4, -0.2) is 11.3 Å². The van der Waals surface area contributed by atoms with Crippen LogP contribution in [0, 0.1) is 0 Å². The molecule has 0 saturated heterocycles. The SMILES string of the molecule is C[C@@H](CC[C@H](C)P(c1ccccc1)c1ccccc1)P(c1ccccc1)c1ccccc1. The molecule has 2 atom stereocenters. The summed E-state index contributed by atoms with van der Waals surface area (Å²) in [4.78, 5) is 0. The first-order chi connectivity index (χ1) is 15.7. The third-order valence-electron chi connectivity index (χ3n) is 6.02. The van der Waals surface area contributed by atoms with Crippen molar-refractivity contribution in [1.82, 2.24) is 0 Å². The summed E-state index contributed by atoms with van der Waals surface area (Å²) in [6.45, 7) is 4.93. The lowest BCUT2D eigenvalue weighted by atomic mass is 10.2. The van der Waals surface area contributed by atoms with E-state index in [2.05, 4.69) is 135 Å². The molecule has 0 aromatic heterocycles. The fourth-order valence-electron chi connectivity index (χ4n) is 4.41. The zero-order chi connectivity index (χ0) is 22.2. The molecule has 2 heteroatoms. The zero-order valence-corrected chi connectivity index (χ0v) is 20.8. The molecule has 0 spiro atoms. The zero-order valence-electron chi connectivity index (χ0n) is 19.0. The van der Waals surface area contributed by atoms with Crippen molar-refractivity contribution < 1.29 is 0 Å². The van der Waals surface area contributed by atoms with Gasteiger partial charge in [0.1, 0.15) is 0 Å². The van der Waals surface area contributed by atoms with Crippen molar-refractivity contribution in [2.45, 2.75) is 38.0 Å². The monoisotopic (exact) mass is 454 g/mol. The highest BCUT2D eigenvalue weighted by atomic mass is 31.1. The Hall–Kier alpha value is -2.26. The van der Waals surface area contributed by atoms with Gasteiger partial charge >= 0.3 is 0 Å². The molecule has 0 amide bonds. The first-order valence-electron chi connectivity index (χ1n) is 11.5. The van der Waals surface area contributed by atoms with Gasteiger partial charge in [-0.3, -0.25) is 0 Å². The Morgan fingerprint density at radius 1 is 0.406 bits per heavy atom. The summed E-state index contributed by atoms with van der Waals surface area (Å²) in [5.41, 5.74) is 1.28. The van der Waals surface area contributed by atoms with Gasteiger partial charge in [0.15, 0.2) is 0 Å². The maximum atomic E-state index is 2.46. The van der Waals surface area contributed by atoms with Crippen molar-refractivity contribution >= 4 is 37.1 Å². The van der Waals surface area contributed by atoms with Gasteiger partial charge in [-0.25, -0.2) is 0 Å². The Labute approximate surface area is 196 Å². The summed E-state index contributed by atoms with van der Waals surface area (Å²) in [5.74, 6) is 0. The third kappa shape index (κ3) is 5.75. The largest absolute Gasteiger partial charge is 0.0622 e. The predicted molar refractivity (Wildman–Crippen MR) is 146 cm³/mol. The van der Waals surface area contributed by atoms with E-state index >= 15 is 0 Å². The maximum absolute atomic E-state index is 2.46. The molecular formula is C30H32P2. The van der Waals surface area contributed by atoms with Crippen molar-refractivity contribution in [2.24, 2.45) is 0 Å². The highest BCUT2D eigenvalue weighted by Gasteiger charge is 2.25. The second-order valence-electron chi connectivity index (χ2n) is 8.36. The van der Waals surface area contributed by atoms with E-state index in [1.54, 1.807) is 0 Å². The van der Waals surface area contributed by atoms with Crippen molar-refractivity contribution in [1.29, 1.82) is 0 Å². The molecule has 4 aromatic carbocycles. The van der Waals surface area contributed by atoms with Crippen LogP contribution in [0.25, 0.3) is 0 Å². The second-order valence-corrected chi connectivity index (χ2v) is 13.7. The topological polar surface area (TPSA) is 0 Å². The van der Waals surface area contributed by atoms with Crippen LogP contribution in [0.5, 0.6) is 0 Å². The average molecular weight is 455 g/mol. The van der Waals surface area contributed by atoms with Crippen LogP contribution < -0.4 is 21.2 Å². The highest BCUT2D eigenvalue weighted by molar-refractivity contribution is 7.74. The molecule has 162 valence electrons. The second kappa shape index (κ2) is 11.6. The minimum atomic E-state index is -0.363. The Kier molecular flexibility index (Phi) is 8.28. The van der Waals surface area contributed by atoms with Gasteiger partial charge in [0.25, 0.3) is 0 Å². The number of benzene rings is 4. The molecule has 4 rings (SSSR count). The van der Waals surface area contributed by atoms with Crippen LogP contribution in [-0.2, 0) is 0 Å². The molecular weight excluding hydrogens is 422 g/mol. The van der Waals surface area contributed by atoms with E-state index in [4.69, 9.17) is 0 Å². The highest BCUT2D eigenvalue weighted by Crippen LogP contribution is 2.45. The van der Waals surface area contributed by atoms with Crippen molar-refractivity contribution in [3.63, 3.8) is 0 Å². The van der Waals surface area contributed by atoms with Gasteiger partial charge in [0.05, 0.1) is 0 Å². The molecule has 0 radical (unpaired) electrons. The van der Waals surface area contributed by atoms with Gasteiger partial charge in [-0.2, -0.15) is 0 Å². The quantitative estimate of drug-likeness (QED) is 0.244. The van der Waals surface area contributed by atoms with Gasteiger partial charge in [-0.05, 0) is 61.2 Å². The summed E-state index contributed by atoms with van der Waals surface area (Å²) < 4.78 is 0. The van der Waals surface area contributed by atoms with Crippen molar-refractivity contribution in [3.05, 3.63) is 121 Å². The number of hydrogen-bond donors (Lipinski definition) is 0. The molecule has 0 N–H and O–H groups in total. The van der Waals surface area contributed by atoms with Gasteiger partial charge < -0.3 is 0 Å². The van der Waals surface area contributed by atoms with Crippen LogP contribution in [0.4, 0.5) is 0 Å². The fourth-order valence-corrected chi connectivity index (χ4v) is 9.83. The van der Waals surface area contributed by atoms with Crippen LogP contribution >= 0.6 is 15.8 Å². The lowest BCUT2D eigenvalue weighted by molar-refractivity contribution is 0.718.